The summed E-state index contributed by atoms with van der Waals surface area (Å²) in [7, 11) is 0. The van der Waals surface area contributed by atoms with E-state index in [2.05, 4.69) is 0 Å². The lowest BCUT2D eigenvalue weighted by molar-refractivity contribution is -0.129. The average Bonchev–Trinajstić information content (AvgIpc) is 2.65. The number of carbonyl (C=O) groups excluding carboxylic acids is 1. The minimum absolute atomic E-state index is 0.149. The number of aliphatic hydroxyl groups excluding tert-OH is 2. The maximum Gasteiger partial charge on any atom is 0.227 e. The number of hydrogen-bond donors (Lipinski definition) is 2. The van der Waals surface area contributed by atoms with Crippen molar-refractivity contribution in [3.05, 3.63) is 33.8 Å². The zero-order valence-electron chi connectivity index (χ0n) is 9.51. The molecule has 1 heterocycles. The van der Waals surface area contributed by atoms with E-state index in [9.17, 15) is 15.0 Å². The SMILES string of the molecule is O=C(Cc1ccc(Cl)c(Cl)c1)N1CC(O)C(O)C1. The summed E-state index contributed by atoms with van der Waals surface area (Å²) in [4.78, 5) is 13.4. The fourth-order valence-electron chi connectivity index (χ4n) is 1.91. The minimum Gasteiger partial charge on any atom is -0.388 e. The number of hydrogen-bond acceptors (Lipinski definition) is 3. The number of carbonyl (C=O) groups is 1. The van der Waals surface area contributed by atoms with Gasteiger partial charge in [-0.25, -0.2) is 0 Å². The van der Waals surface area contributed by atoms with Crippen LogP contribution in [0.2, 0.25) is 10.0 Å². The molecule has 18 heavy (non-hydrogen) atoms. The number of amides is 1. The van der Waals surface area contributed by atoms with Gasteiger partial charge >= 0.3 is 0 Å². The first-order valence-corrected chi connectivity index (χ1v) is 6.31. The van der Waals surface area contributed by atoms with Gasteiger partial charge in [-0.15, -0.1) is 0 Å². The number of aliphatic hydroxyl groups is 2. The Morgan fingerprint density at radius 3 is 2.39 bits per heavy atom. The molecule has 0 aromatic heterocycles. The Balaban J connectivity index is 2.01. The summed E-state index contributed by atoms with van der Waals surface area (Å²) in [5, 5.41) is 19.6. The van der Waals surface area contributed by atoms with Gasteiger partial charge in [-0.3, -0.25) is 4.79 Å². The van der Waals surface area contributed by atoms with Crippen LogP contribution in [0.5, 0.6) is 0 Å². The highest BCUT2D eigenvalue weighted by atomic mass is 35.5. The van der Waals surface area contributed by atoms with Crippen LogP contribution in [0.3, 0.4) is 0 Å². The summed E-state index contributed by atoms with van der Waals surface area (Å²) in [6.45, 7) is 0.336. The number of rotatable bonds is 2. The Morgan fingerprint density at radius 2 is 1.83 bits per heavy atom. The van der Waals surface area contributed by atoms with Crippen molar-refractivity contribution in [3.8, 4) is 0 Å². The Kier molecular flexibility index (Phi) is 4.12. The number of likely N-dealkylation sites (tertiary alicyclic amines) is 1. The van der Waals surface area contributed by atoms with Crippen LogP contribution >= 0.6 is 23.2 Å². The number of benzene rings is 1. The van der Waals surface area contributed by atoms with Gasteiger partial charge < -0.3 is 15.1 Å². The quantitative estimate of drug-likeness (QED) is 0.857. The predicted octanol–water partition coefficient (Wildman–Crippen LogP) is 1.10. The van der Waals surface area contributed by atoms with Crippen molar-refractivity contribution in [3.63, 3.8) is 0 Å². The van der Waals surface area contributed by atoms with Gasteiger partial charge in [-0.05, 0) is 17.7 Å². The molecule has 0 saturated carbocycles. The van der Waals surface area contributed by atoms with Crippen LogP contribution in [0.25, 0.3) is 0 Å². The molecule has 4 nitrogen and oxygen atoms in total. The Labute approximate surface area is 115 Å². The first-order valence-electron chi connectivity index (χ1n) is 5.55. The zero-order chi connectivity index (χ0) is 13.3. The fraction of sp³-hybridized carbons (Fsp3) is 0.417. The molecule has 1 aromatic rings. The first kappa shape index (κ1) is 13.6. The van der Waals surface area contributed by atoms with Crippen molar-refractivity contribution < 1.29 is 15.0 Å². The monoisotopic (exact) mass is 289 g/mol. The average molecular weight is 290 g/mol. The van der Waals surface area contributed by atoms with Gasteiger partial charge in [0.2, 0.25) is 5.91 Å². The molecule has 1 aliphatic rings. The highest BCUT2D eigenvalue weighted by Crippen LogP contribution is 2.23. The molecule has 2 atom stereocenters. The van der Waals surface area contributed by atoms with E-state index in [0.29, 0.717) is 10.0 Å². The van der Waals surface area contributed by atoms with Gasteiger partial charge in [-0.2, -0.15) is 0 Å². The summed E-state index contributed by atoms with van der Waals surface area (Å²) in [6.07, 6.45) is -1.54. The minimum atomic E-state index is -0.859. The molecule has 2 unspecified atom stereocenters. The molecule has 6 heteroatoms. The van der Waals surface area contributed by atoms with Gasteiger partial charge in [0.05, 0.1) is 28.7 Å². The third-order valence-corrected chi connectivity index (χ3v) is 3.69. The molecule has 98 valence electrons. The van der Waals surface area contributed by atoms with E-state index >= 15 is 0 Å². The molecule has 1 aliphatic heterocycles. The molecular weight excluding hydrogens is 277 g/mol. The molecule has 1 amide bonds. The second-order valence-corrected chi connectivity index (χ2v) is 5.17. The van der Waals surface area contributed by atoms with Crippen LogP contribution in [0.4, 0.5) is 0 Å². The lowest BCUT2D eigenvalue weighted by Gasteiger charge is -2.15. The second-order valence-electron chi connectivity index (χ2n) is 4.36. The molecule has 1 aromatic carbocycles. The number of nitrogens with zero attached hydrogens (tertiary/aromatic N) is 1. The van der Waals surface area contributed by atoms with E-state index in [1.807, 2.05) is 0 Å². The largest absolute Gasteiger partial charge is 0.388 e. The standard InChI is InChI=1S/C12H13Cl2NO3/c13-8-2-1-7(3-9(8)14)4-12(18)15-5-10(16)11(17)6-15/h1-3,10-11,16-17H,4-6H2. The van der Waals surface area contributed by atoms with Gasteiger partial charge in [0.1, 0.15) is 0 Å². The maximum atomic E-state index is 11.9. The van der Waals surface area contributed by atoms with E-state index in [1.165, 1.54) is 4.90 Å². The van der Waals surface area contributed by atoms with E-state index in [0.717, 1.165) is 5.56 Å². The van der Waals surface area contributed by atoms with Crippen molar-refractivity contribution in [2.45, 2.75) is 18.6 Å². The Bertz CT molecular complexity index is 457. The van der Waals surface area contributed by atoms with E-state index in [1.54, 1.807) is 18.2 Å². The van der Waals surface area contributed by atoms with E-state index in [4.69, 9.17) is 23.2 Å². The van der Waals surface area contributed by atoms with Crippen LogP contribution in [-0.2, 0) is 11.2 Å². The molecule has 2 rings (SSSR count). The third kappa shape index (κ3) is 2.95. The topological polar surface area (TPSA) is 60.8 Å². The fourth-order valence-corrected chi connectivity index (χ4v) is 2.23. The molecule has 1 saturated heterocycles. The van der Waals surface area contributed by atoms with E-state index in [-0.39, 0.29) is 25.4 Å². The highest BCUT2D eigenvalue weighted by Gasteiger charge is 2.32. The van der Waals surface area contributed by atoms with Crippen molar-refractivity contribution in [1.29, 1.82) is 0 Å². The number of β-amino-alcohol motifs (C(OH)–C–C–N with tert-alkyl or cyclic N) is 2. The molecule has 1 fully saturated rings. The first-order chi connectivity index (χ1) is 8.47. The summed E-state index contributed by atoms with van der Waals surface area (Å²) in [5.74, 6) is -0.149. The molecule has 0 aliphatic carbocycles. The van der Waals surface area contributed by atoms with E-state index < -0.39 is 12.2 Å². The van der Waals surface area contributed by atoms with Crippen LogP contribution in [0.15, 0.2) is 18.2 Å². The van der Waals surface area contributed by atoms with Crippen molar-refractivity contribution in [1.82, 2.24) is 4.90 Å². The van der Waals surface area contributed by atoms with Gasteiger partial charge in [0.25, 0.3) is 0 Å². The van der Waals surface area contributed by atoms with Crippen LogP contribution in [0, 0.1) is 0 Å². The Hall–Kier alpha value is -0.810. The summed E-state index contributed by atoms with van der Waals surface area (Å²) in [5.41, 5.74) is 0.755. The van der Waals surface area contributed by atoms with Crippen LogP contribution in [0.1, 0.15) is 5.56 Å². The molecular formula is C12H13Cl2NO3. The maximum absolute atomic E-state index is 11.9. The molecule has 0 bridgehead atoms. The molecule has 2 N–H and O–H groups in total. The highest BCUT2D eigenvalue weighted by molar-refractivity contribution is 6.42. The van der Waals surface area contributed by atoms with Crippen molar-refractivity contribution >= 4 is 29.1 Å². The second kappa shape index (κ2) is 5.45. The van der Waals surface area contributed by atoms with Gasteiger partial charge in [-0.1, -0.05) is 29.3 Å². The van der Waals surface area contributed by atoms with Gasteiger partial charge in [0, 0.05) is 13.1 Å². The zero-order valence-corrected chi connectivity index (χ0v) is 11.0. The van der Waals surface area contributed by atoms with Crippen molar-refractivity contribution in [2.24, 2.45) is 0 Å². The third-order valence-electron chi connectivity index (χ3n) is 2.95. The van der Waals surface area contributed by atoms with Crippen LogP contribution in [-0.4, -0.2) is 46.3 Å². The van der Waals surface area contributed by atoms with Crippen LogP contribution < -0.4 is 0 Å². The number of halogens is 2. The summed E-state index contributed by atoms with van der Waals surface area (Å²) < 4.78 is 0. The predicted molar refractivity (Wildman–Crippen MR) is 68.8 cm³/mol. The molecule has 0 radical (unpaired) electrons. The normalized spacial score (nSPS) is 23.4. The lowest BCUT2D eigenvalue weighted by Crippen LogP contribution is -2.31. The smallest absolute Gasteiger partial charge is 0.227 e. The summed E-state index contributed by atoms with van der Waals surface area (Å²) >= 11 is 11.7. The van der Waals surface area contributed by atoms with Crippen molar-refractivity contribution in [2.75, 3.05) is 13.1 Å². The molecule has 0 spiro atoms. The lowest BCUT2D eigenvalue weighted by atomic mass is 10.1. The summed E-state index contributed by atoms with van der Waals surface area (Å²) in [6, 6.07) is 5.01. The van der Waals surface area contributed by atoms with Gasteiger partial charge in [0.15, 0.2) is 0 Å². The Morgan fingerprint density at radius 1 is 1.22 bits per heavy atom.